The molecule has 4 heterocycles. The summed E-state index contributed by atoms with van der Waals surface area (Å²) in [5.41, 5.74) is 3.34. The SMILES string of the molecule is Cc1cc2ncc(NC(=O)Nc3cnc(-n4nccn4)c(Cl)c3)c([C@@H](C)N(C)C)n2n1. The van der Waals surface area contributed by atoms with E-state index in [1.807, 2.05) is 38.9 Å². The van der Waals surface area contributed by atoms with Crippen LogP contribution in [0.5, 0.6) is 0 Å². The molecule has 0 aromatic carbocycles. The lowest BCUT2D eigenvalue weighted by atomic mass is 10.2. The Kier molecular flexibility index (Phi) is 5.53. The highest BCUT2D eigenvalue weighted by Crippen LogP contribution is 2.27. The number of amides is 2. The minimum absolute atomic E-state index is 0.0305. The quantitative estimate of drug-likeness (QED) is 0.489. The predicted octanol–water partition coefficient (Wildman–Crippen LogP) is 2.93. The van der Waals surface area contributed by atoms with Gasteiger partial charge in [-0.25, -0.2) is 19.3 Å². The third kappa shape index (κ3) is 4.18. The summed E-state index contributed by atoms with van der Waals surface area (Å²) in [6.07, 6.45) is 6.15. The van der Waals surface area contributed by atoms with Gasteiger partial charge < -0.3 is 15.5 Å². The Balaban J connectivity index is 1.59. The number of hydrogen-bond acceptors (Lipinski definition) is 7. The minimum Gasteiger partial charge on any atom is -0.306 e. The van der Waals surface area contributed by atoms with Crippen molar-refractivity contribution in [3.8, 4) is 5.82 Å². The standard InChI is InChI=1S/C19H21ClN10O/c1-11-7-16-21-10-15(17(29(16)27-11)12(2)28(3)4)26-19(31)25-13-8-14(20)18(22-9-13)30-23-5-6-24-30/h5-10,12H,1-4H3,(H2,25,26,31)/t12-/m1/s1. The van der Waals surface area contributed by atoms with E-state index in [9.17, 15) is 4.79 Å². The number of fused-ring (bicyclic) bond motifs is 1. The van der Waals surface area contributed by atoms with E-state index in [4.69, 9.17) is 11.6 Å². The van der Waals surface area contributed by atoms with Crippen molar-refractivity contribution in [3.05, 3.63) is 53.3 Å². The molecule has 0 radical (unpaired) electrons. The van der Waals surface area contributed by atoms with Crippen LogP contribution in [0.25, 0.3) is 11.5 Å². The van der Waals surface area contributed by atoms with E-state index >= 15 is 0 Å². The van der Waals surface area contributed by atoms with Crippen molar-refractivity contribution in [2.24, 2.45) is 0 Å². The highest BCUT2D eigenvalue weighted by Gasteiger charge is 2.20. The van der Waals surface area contributed by atoms with Crippen LogP contribution >= 0.6 is 11.6 Å². The minimum atomic E-state index is -0.458. The zero-order valence-electron chi connectivity index (χ0n) is 17.4. The van der Waals surface area contributed by atoms with Gasteiger partial charge in [0.25, 0.3) is 0 Å². The summed E-state index contributed by atoms with van der Waals surface area (Å²) in [7, 11) is 3.92. The average molecular weight is 441 g/mol. The van der Waals surface area contributed by atoms with Crippen molar-refractivity contribution in [3.63, 3.8) is 0 Å². The molecule has 0 bridgehead atoms. The summed E-state index contributed by atoms with van der Waals surface area (Å²) in [5.74, 6) is 0.364. The molecule has 160 valence electrons. The van der Waals surface area contributed by atoms with Gasteiger partial charge in [-0.1, -0.05) is 11.6 Å². The van der Waals surface area contributed by atoms with Gasteiger partial charge in [0.05, 0.1) is 58.6 Å². The Morgan fingerprint density at radius 1 is 1.13 bits per heavy atom. The maximum absolute atomic E-state index is 12.7. The molecule has 0 saturated heterocycles. The van der Waals surface area contributed by atoms with Gasteiger partial charge >= 0.3 is 6.03 Å². The molecule has 0 saturated carbocycles. The van der Waals surface area contributed by atoms with Crippen molar-refractivity contribution >= 4 is 34.7 Å². The Labute approximate surface area is 183 Å². The van der Waals surface area contributed by atoms with E-state index in [2.05, 4.69) is 35.9 Å². The van der Waals surface area contributed by atoms with Gasteiger partial charge in [-0.3, -0.25) is 0 Å². The number of carbonyl (C=O) groups excluding carboxylic acids is 1. The summed E-state index contributed by atoms with van der Waals surface area (Å²) in [5, 5.41) is 18.4. The maximum Gasteiger partial charge on any atom is 0.323 e. The first-order valence-electron chi connectivity index (χ1n) is 9.45. The molecular formula is C19H21ClN10O. The molecule has 0 fully saturated rings. The zero-order chi connectivity index (χ0) is 22.1. The van der Waals surface area contributed by atoms with Gasteiger partial charge in [-0.2, -0.15) is 15.3 Å². The largest absolute Gasteiger partial charge is 0.323 e. The van der Waals surface area contributed by atoms with Crippen LogP contribution in [0.4, 0.5) is 16.2 Å². The molecule has 0 unspecified atom stereocenters. The van der Waals surface area contributed by atoms with Crippen LogP contribution in [0.2, 0.25) is 5.02 Å². The van der Waals surface area contributed by atoms with Gasteiger partial charge in [0.15, 0.2) is 11.5 Å². The summed E-state index contributed by atoms with van der Waals surface area (Å²) in [4.78, 5) is 24.7. The van der Waals surface area contributed by atoms with E-state index in [0.29, 0.717) is 27.9 Å². The fraction of sp³-hybridized carbons (Fsp3) is 0.263. The molecule has 31 heavy (non-hydrogen) atoms. The molecule has 2 N–H and O–H groups in total. The number of halogens is 1. The van der Waals surface area contributed by atoms with Crippen molar-refractivity contribution in [2.45, 2.75) is 19.9 Å². The van der Waals surface area contributed by atoms with Crippen molar-refractivity contribution in [2.75, 3.05) is 24.7 Å². The normalized spacial score (nSPS) is 12.3. The Morgan fingerprint density at radius 2 is 1.87 bits per heavy atom. The van der Waals surface area contributed by atoms with Crippen LogP contribution in [0.3, 0.4) is 0 Å². The van der Waals surface area contributed by atoms with Crippen LogP contribution < -0.4 is 10.6 Å². The molecule has 11 nitrogen and oxygen atoms in total. The highest BCUT2D eigenvalue weighted by atomic mass is 35.5. The van der Waals surface area contributed by atoms with Gasteiger partial charge in [0.2, 0.25) is 0 Å². The lowest BCUT2D eigenvalue weighted by molar-refractivity contribution is 0.262. The summed E-state index contributed by atoms with van der Waals surface area (Å²) >= 11 is 6.27. The van der Waals surface area contributed by atoms with Crippen LogP contribution in [0, 0.1) is 6.92 Å². The third-order valence-corrected chi connectivity index (χ3v) is 5.03. The second-order valence-electron chi connectivity index (χ2n) is 7.18. The second-order valence-corrected chi connectivity index (χ2v) is 7.59. The van der Waals surface area contributed by atoms with E-state index in [0.717, 1.165) is 11.4 Å². The summed E-state index contributed by atoms with van der Waals surface area (Å²) in [6, 6.07) is 2.98. The number of carbonyl (C=O) groups is 1. The fourth-order valence-electron chi connectivity index (χ4n) is 3.06. The highest BCUT2D eigenvalue weighted by molar-refractivity contribution is 6.32. The molecule has 0 aliphatic heterocycles. The molecule has 4 aromatic rings. The number of anilines is 2. The second kappa shape index (κ2) is 8.28. The van der Waals surface area contributed by atoms with Gasteiger partial charge in [-0.15, -0.1) is 4.80 Å². The average Bonchev–Trinajstić information content (AvgIpc) is 3.36. The van der Waals surface area contributed by atoms with Crippen LogP contribution in [-0.4, -0.2) is 59.6 Å². The smallest absolute Gasteiger partial charge is 0.306 e. The molecule has 4 rings (SSSR count). The van der Waals surface area contributed by atoms with Crippen LogP contribution in [0.1, 0.15) is 24.4 Å². The van der Waals surface area contributed by atoms with E-state index in [1.54, 1.807) is 16.8 Å². The number of nitrogens with zero attached hydrogens (tertiary/aromatic N) is 8. The Morgan fingerprint density at radius 3 is 2.55 bits per heavy atom. The summed E-state index contributed by atoms with van der Waals surface area (Å²) < 4.78 is 1.75. The number of nitrogens with one attached hydrogen (secondary N) is 2. The molecule has 0 aliphatic carbocycles. The lowest BCUT2D eigenvalue weighted by Crippen LogP contribution is -2.25. The molecule has 4 aromatic heterocycles. The first kappa shape index (κ1) is 20.7. The maximum atomic E-state index is 12.7. The number of aryl methyl sites for hydroxylation is 1. The number of pyridine rings is 1. The zero-order valence-corrected chi connectivity index (χ0v) is 18.2. The number of aromatic nitrogens is 7. The van der Waals surface area contributed by atoms with Crippen molar-refractivity contribution in [1.29, 1.82) is 0 Å². The monoisotopic (exact) mass is 440 g/mol. The molecule has 0 aliphatic rings. The molecular weight excluding hydrogens is 420 g/mol. The fourth-order valence-corrected chi connectivity index (χ4v) is 3.31. The summed E-state index contributed by atoms with van der Waals surface area (Å²) in [6.45, 7) is 3.93. The molecule has 12 heteroatoms. The van der Waals surface area contributed by atoms with Crippen molar-refractivity contribution < 1.29 is 4.79 Å². The lowest BCUT2D eigenvalue weighted by Gasteiger charge is -2.23. The molecule has 1 atom stereocenters. The molecule has 2 amide bonds. The van der Waals surface area contributed by atoms with Crippen LogP contribution in [-0.2, 0) is 0 Å². The third-order valence-electron chi connectivity index (χ3n) is 4.75. The predicted molar refractivity (Wildman–Crippen MR) is 117 cm³/mol. The molecule has 0 spiro atoms. The number of urea groups is 1. The van der Waals surface area contributed by atoms with Crippen LogP contribution in [0.15, 0.2) is 36.9 Å². The topological polar surface area (TPSA) is 118 Å². The van der Waals surface area contributed by atoms with Gasteiger partial charge in [-0.05, 0) is 34.0 Å². The van der Waals surface area contributed by atoms with Crippen molar-refractivity contribution in [1.82, 2.24) is 39.5 Å². The first-order valence-corrected chi connectivity index (χ1v) is 9.83. The number of hydrogen-bond donors (Lipinski definition) is 2. The van der Waals surface area contributed by atoms with E-state index in [1.165, 1.54) is 23.4 Å². The number of rotatable bonds is 5. The Hall–Kier alpha value is -3.57. The van der Waals surface area contributed by atoms with Gasteiger partial charge in [0.1, 0.15) is 0 Å². The first-order chi connectivity index (χ1) is 14.8. The van der Waals surface area contributed by atoms with E-state index in [-0.39, 0.29) is 6.04 Å². The Bertz CT molecular complexity index is 1230. The van der Waals surface area contributed by atoms with Gasteiger partial charge in [0, 0.05) is 6.07 Å². The van der Waals surface area contributed by atoms with E-state index < -0.39 is 6.03 Å².